The summed E-state index contributed by atoms with van der Waals surface area (Å²) in [5.41, 5.74) is 0.786. The van der Waals surface area contributed by atoms with Crippen LogP contribution in [-0.4, -0.2) is 17.0 Å². The molecule has 0 saturated heterocycles. The first kappa shape index (κ1) is 8.49. The molecule has 0 aliphatic heterocycles. The first-order valence-corrected chi connectivity index (χ1v) is 3.79. The van der Waals surface area contributed by atoms with Gasteiger partial charge in [-0.25, -0.2) is 0 Å². The predicted molar refractivity (Wildman–Crippen MR) is 47.2 cm³/mol. The third kappa shape index (κ3) is 1.26. The zero-order valence-electron chi connectivity index (χ0n) is 7.26. The van der Waals surface area contributed by atoms with Crippen molar-refractivity contribution in [1.82, 2.24) is 4.98 Å². The molecule has 0 bridgehead atoms. The fourth-order valence-corrected chi connectivity index (χ4v) is 1.10. The molecule has 2 aromatic rings. The second-order valence-corrected chi connectivity index (χ2v) is 2.59. The molecule has 1 aromatic heterocycles. The van der Waals surface area contributed by atoms with Crippen LogP contribution in [-0.2, 0) is 0 Å². The molecule has 0 saturated carbocycles. The molecule has 6 nitrogen and oxygen atoms in total. The van der Waals surface area contributed by atoms with E-state index in [1.807, 2.05) is 0 Å². The quantitative estimate of drug-likeness (QED) is 0.537. The molecule has 6 heteroatoms. The summed E-state index contributed by atoms with van der Waals surface area (Å²) in [7, 11) is 1.51. The molecule has 0 radical (unpaired) electrons. The number of aromatic nitrogens is 1. The largest absolute Gasteiger partial charge is 0.546 e. The van der Waals surface area contributed by atoms with Crippen LogP contribution in [0.1, 0.15) is 0 Å². The van der Waals surface area contributed by atoms with E-state index in [4.69, 9.17) is 9.15 Å². The zero-order valence-corrected chi connectivity index (χ0v) is 7.26. The summed E-state index contributed by atoms with van der Waals surface area (Å²) in [4.78, 5) is 13.3. The molecule has 0 amide bonds. The maximum Gasteiger partial charge on any atom is 0.546 e. The number of nitro groups is 1. The van der Waals surface area contributed by atoms with Crippen LogP contribution >= 0.6 is 0 Å². The number of oxazole rings is 1. The van der Waals surface area contributed by atoms with E-state index in [1.54, 1.807) is 18.2 Å². The summed E-state index contributed by atoms with van der Waals surface area (Å²) in [6.45, 7) is 0. The van der Waals surface area contributed by atoms with E-state index in [0.717, 1.165) is 0 Å². The number of hydrogen-bond donors (Lipinski definition) is 0. The predicted octanol–water partition coefficient (Wildman–Crippen LogP) is 1.74. The molecule has 2 rings (SSSR count). The number of methoxy groups -OCH3 is 1. The van der Waals surface area contributed by atoms with Gasteiger partial charge in [-0.3, -0.25) is 0 Å². The van der Waals surface area contributed by atoms with Crippen molar-refractivity contribution in [3.8, 4) is 5.75 Å². The second-order valence-electron chi connectivity index (χ2n) is 2.59. The lowest BCUT2D eigenvalue weighted by molar-refractivity contribution is -0.406. The fraction of sp³-hybridized carbons (Fsp3) is 0.125. The monoisotopic (exact) mass is 194 g/mol. The van der Waals surface area contributed by atoms with Crippen LogP contribution in [0, 0.1) is 10.1 Å². The smallest absolute Gasteiger partial charge is 0.497 e. The van der Waals surface area contributed by atoms with Crippen molar-refractivity contribution in [2.24, 2.45) is 0 Å². The average molecular weight is 194 g/mol. The van der Waals surface area contributed by atoms with Gasteiger partial charge in [-0.2, -0.15) is 0 Å². The van der Waals surface area contributed by atoms with Crippen LogP contribution in [0.5, 0.6) is 5.75 Å². The Labute approximate surface area is 78.3 Å². The number of fused-ring (bicyclic) bond motifs is 1. The summed E-state index contributed by atoms with van der Waals surface area (Å²) in [6.07, 6.45) is 0. The first-order valence-electron chi connectivity index (χ1n) is 3.79. The molecule has 0 aliphatic rings. The number of benzene rings is 1. The minimum atomic E-state index is -0.674. The normalized spacial score (nSPS) is 10.4. The second kappa shape index (κ2) is 2.99. The molecule has 0 N–H and O–H groups in total. The standard InChI is InChI=1S/C8H6N2O4/c1-13-5-2-3-7-6(4-5)9-8(14-7)10(11)12/h2-4H,1H3. The molecule has 0 atom stereocenters. The molecule has 0 unspecified atom stereocenters. The topological polar surface area (TPSA) is 78.4 Å². The van der Waals surface area contributed by atoms with Gasteiger partial charge >= 0.3 is 6.01 Å². The lowest BCUT2D eigenvalue weighted by atomic mass is 10.3. The van der Waals surface area contributed by atoms with Crippen molar-refractivity contribution in [3.63, 3.8) is 0 Å². The Morgan fingerprint density at radius 1 is 1.57 bits per heavy atom. The Morgan fingerprint density at radius 2 is 2.36 bits per heavy atom. The Hall–Kier alpha value is -2.11. The minimum absolute atomic E-state index is 0.373. The number of ether oxygens (including phenoxy) is 1. The summed E-state index contributed by atoms with van der Waals surface area (Å²) >= 11 is 0. The molecule has 1 aromatic carbocycles. The van der Waals surface area contributed by atoms with Crippen LogP contribution in [0.2, 0.25) is 0 Å². The Kier molecular flexibility index (Phi) is 1.81. The van der Waals surface area contributed by atoms with Crippen LogP contribution in [0.3, 0.4) is 0 Å². The van der Waals surface area contributed by atoms with Gasteiger partial charge < -0.3 is 19.3 Å². The SMILES string of the molecule is COc1ccc2oc([N+](=O)[O-])nc2c1. The summed E-state index contributed by atoms with van der Waals surface area (Å²) in [6, 6.07) is 4.30. The van der Waals surface area contributed by atoms with E-state index in [0.29, 0.717) is 16.8 Å². The van der Waals surface area contributed by atoms with E-state index in [1.165, 1.54) is 7.11 Å². The number of hydrogen-bond acceptors (Lipinski definition) is 5. The van der Waals surface area contributed by atoms with Crippen LogP contribution in [0.25, 0.3) is 11.1 Å². The summed E-state index contributed by atoms with van der Waals surface area (Å²) in [5, 5.41) is 10.3. The molecule has 0 fully saturated rings. The first-order chi connectivity index (χ1) is 6.70. The molecule has 1 heterocycles. The Bertz CT molecular complexity index is 491. The summed E-state index contributed by atoms with van der Waals surface area (Å²) in [5.74, 6) is 0.584. The van der Waals surface area contributed by atoms with Crippen molar-refractivity contribution < 1.29 is 14.1 Å². The molecule has 72 valence electrons. The van der Waals surface area contributed by atoms with Gasteiger partial charge in [0.15, 0.2) is 5.58 Å². The maximum absolute atomic E-state index is 10.3. The highest BCUT2D eigenvalue weighted by Crippen LogP contribution is 2.24. The lowest BCUT2D eigenvalue weighted by Gasteiger charge is -1.94. The molecule has 0 spiro atoms. The van der Waals surface area contributed by atoms with E-state index in [2.05, 4.69) is 4.98 Å². The number of rotatable bonds is 2. The van der Waals surface area contributed by atoms with E-state index in [-0.39, 0.29) is 0 Å². The van der Waals surface area contributed by atoms with E-state index >= 15 is 0 Å². The van der Waals surface area contributed by atoms with Crippen LogP contribution in [0.15, 0.2) is 22.6 Å². The van der Waals surface area contributed by atoms with Gasteiger partial charge in [0, 0.05) is 16.0 Å². The highest BCUT2D eigenvalue weighted by atomic mass is 16.7. The summed E-state index contributed by atoms with van der Waals surface area (Å²) < 4.78 is 9.80. The highest BCUT2D eigenvalue weighted by Gasteiger charge is 2.17. The molecule has 0 aliphatic carbocycles. The third-order valence-corrected chi connectivity index (χ3v) is 1.74. The van der Waals surface area contributed by atoms with E-state index < -0.39 is 10.9 Å². The Morgan fingerprint density at radius 3 is 3.00 bits per heavy atom. The van der Waals surface area contributed by atoms with Crippen molar-refractivity contribution in [2.45, 2.75) is 0 Å². The maximum atomic E-state index is 10.3. The van der Waals surface area contributed by atoms with Crippen molar-refractivity contribution in [3.05, 3.63) is 28.3 Å². The highest BCUT2D eigenvalue weighted by molar-refractivity contribution is 5.75. The van der Waals surface area contributed by atoms with Gasteiger partial charge in [0.2, 0.25) is 5.52 Å². The van der Waals surface area contributed by atoms with Crippen molar-refractivity contribution in [1.29, 1.82) is 0 Å². The lowest BCUT2D eigenvalue weighted by Crippen LogP contribution is -1.85. The van der Waals surface area contributed by atoms with Crippen molar-refractivity contribution >= 4 is 17.1 Å². The third-order valence-electron chi connectivity index (χ3n) is 1.74. The molecular formula is C8H6N2O4. The minimum Gasteiger partial charge on any atom is -0.497 e. The van der Waals surface area contributed by atoms with E-state index in [9.17, 15) is 10.1 Å². The van der Waals surface area contributed by atoms with Gasteiger partial charge in [-0.05, 0) is 12.1 Å². The average Bonchev–Trinajstić information content (AvgIpc) is 2.59. The van der Waals surface area contributed by atoms with Gasteiger partial charge in [-0.1, -0.05) is 0 Å². The fourth-order valence-electron chi connectivity index (χ4n) is 1.10. The van der Waals surface area contributed by atoms with Crippen LogP contribution in [0.4, 0.5) is 6.01 Å². The number of nitrogens with zero attached hydrogens (tertiary/aromatic N) is 2. The molecular weight excluding hydrogens is 188 g/mol. The van der Waals surface area contributed by atoms with Gasteiger partial charge in [0.1, 0.15) is 5.75 Å². The van der Waals surface area contributed by atoms with Gasteiger partial charge in [0.25, 0.3) is 0 Å². The van der Waals surface area contributed by atoms with Crippen molar-refractivity contribution in [2.75, 3.05) is 7.11 Å². The Balaban J connectivity index is 2.60. The molecule has 14 heavy (non-hydrogen) atoms. The van der Waals surface area contributed by atoms with Crippen LogP contribution < -0.4 is 4.74 Å². The van der Waals surface area contributed by atoms with Gasteiger partial charge in [0.05, 0.1) is 7.11 Å². The van der Waals surface area contributed by atoms with Gasteiger partial charge in [-0.15, -0.1) is 0 Å². The zero-order chi connectivity index (χ0) is 10.1.